The van der Waals surface area contributed by atoms with Crippen LogP contribution in [0.4, 0.5) is 0 Å². The molecule has 1 unspecified atom stereocenters. The summed E-state index contributed by atoms with van der Waals surface area (Å²) < 4.78 is 4.53. The number of amides is 1. The van der Waals surface area contributed by atoms with Crippen molar-refractivity contribution in [3.8, 4) is 0 Å². The number of β-lactam (4-membered cyclic amide) rings is 1. The van der Waals surface area contributed by atoms with E-state index in [1.807, 2.05) is 6.92 Å². The zero-order valence-electron chi connectivity index (χ0n) is 12.6. The number of hydrogen-bond acceptors (Lipinski definition) is 6. The summed E-state index contributed by atoms with van der Waals surface area (Å²) in [5.41, 5.74) is 6.33. The third-order valence-electron chi connectivity index (χ3n) is 4.27. The number of aliphatic imine (C=N–C) groups is 1. The number of thiol groups is 1. The maximum absolute atomic E-state index is 12.2. The average Bonchev–Trinajstić information content (AvgIpc) is 2.80. The molecule has 0 radical (unpaired) electrons. The van der Waals surface area contributed by atoms with Crippen molar-refractivity contribution in [2.75, 3.05) is 0 Å². The van der Waals surface area contributed by atoms with Crippen molar-refractivity contribution in [2.45, 2.75) is 51.3 Å². The van der Waals surface area contributed by atoms with Gasteiger partial charge in [-0.1, -0.05) is 13.3 Å². The van der Waals surface area contributed by atoms with Crippen LogP contribution in [0.25, 0.3) is 0 Å². The number of carbonyl (C=O) groups excluding carboxylic acids is 2. The molecule has 122 valence electrons. The minimum absolute atomic E-state index is 0.200. The van der Waals surface area contributed by atoms with Crippen LogP contribution in [0.15, 0.2) is 16.3 Å². The van der Waals surface area contributed by atoms with E-state index >= 15 is 0 Å². The van der Waals surface area contributed by atoms with E-state index in [1.165, 1.54) is 11.2 Å². The molecule has 0 aromatic carbocycles. The molecule has 7 nitrogen and oxygen atoms in total. The van der Waals surface area contributed by atoms with Gasteiger partial charge in [-0.05, 0) is 25.3 Å². The van der Waals surface area contributed by atoms with Crippen LogP contribution in [-0.4, -0.2) is 46.4 Å². The van der Waals surface area contributed by atoms with Gasteiger partial charge in [-0.25, -0.2) is 4.79 Å². The first-order valence-corrected chi connectivity index (χ1v) is 7.67. The molecule has 0 spiro atoms. The highest BCUT2D eigenvalue weighted by Gasteiger charge is 2.57. The van der Waals surface area contributed by atoms with E-state index in [0.717, 1.165) is 12.0 Å². The summed E-state index contributed by atoms with van der Waals surface area (Å²) in [6, 6.07) is -0.497. The van der Waals surface area contributed by atoms with Gasteiger partial charge in [0.15, 0.2) is 0 Å². The molecule has 1 amide bonds. The largest absolute Gasteiger partial charge is 0.393 e. The first-order chi connectivity index (χ1) is 10.5. The Labute approximate surface area is 134 Å². The number of hydrogen-bond donors (Lipinski definition) is 3. The lowest BCUT2D eigenvalue weighted by molar-refractivity contribution is -0.160. The number of nitrogens with two attached hydrogens (primary N) is 1. The Bertz CT molecular complexity index is 532. The summed E-state index contributed by atoms with van der Waals surface area (Å²) in [6.45, 7) is 3.58. The monoisotopic (exact) mass is 327 g/mol. The van der Waals surface area contributed by atoms with Gasteiger partial charge < -0.3 is 19.9 Å². The summed E-state index contributed by atoms with van der Waals surface area (Å²) in [4.78, 5) is 29.9. The SMILES string of the molecule is CCCC(N=CN)C1=C(C(=O)OS)N2C(=O)[C@H]([C@@H](C)O)[C@H]2C1. The third-order valence-corrected chi connectivity index (χ3v) is 4.44. The fraction of sp³-hybridized carbons (Fsp3) is 0.643. The average molecular weight is 327 g/mol. The Hall–Kier alpha value is -1.54. The van der Waals surface area contributed by atoms with E-state index in [0.29, 0.717) is 12.8 Å². The number of rotatable bonds is 6. The van der Waals surface area contributed by atoms with Crippen LogP contribution in [-0.2, 0) is 13.8 Å². The minimum Gasteiger partial charge on any atom is -0.393 e. The zero-order chi connectivity index (χ0) is 16.4. The van der Waals surface area contributed by atoms with Crippen molar-refractivity contribution in [1.29, 1.82) is 0 Å². The quantitative estimate of drug-likeness (QED) is 0.215. The molecule has 0 saturated carbocycles. The second kappa shape index (κ2) is 6.70. The van der Waals surface area contributed by atoms with Crippen molar-refractivity contribution in [3.05, 3.63) is 11.3 Å². The highest BCUT2D eigenvalue weighted by Crippen LogP contribution is 2.45. The molecule has 0 bridgehead atoms. The van der Waals surface area contributed by atoms with Gasteiger partial charge in [-0.3, -0.25) is 9.79 Å². The number of carbonyl (C=O) groups is 2. The fourth-order valence-corrected chi connectivity index (χ4v) is 3.43. The Morgan fingerprint density at radius 2 is 2.36 bits per heavy atom. The molecule has 1 fully saturated rings. The zero-order valence-corrected chi connectivity index (χ0v) is 13.5. The van der Waals surface area contributed by atoms with Crippen LogP contribution in [0.5, 0.6) is 0 Å². The Morgan fingerprint density at radius 3 is 2.86 bits per heavy atom. The summed E-state index contributed by atoms with van der Waals surface area (Å²) >= 11 is 3.56. The second-order valence-electron chi connectivity index (χ2n) is 5.60. The Morgan fingerprint density at radius 1 is 1.68 bits per heavy atom. The highest BCUT2D eigenvalue weighted by atomic mass is 32.1. The van der Waals surface area contributed by atoms with Gasteiger partial charge in [-0.2, -0.15) is 0 Å². The van der Waals surface area contributed by atoms with Crippen molar-refractivity contribution in [3.63, 3.8) is 0 Å². The van der Waals surface area contributed by atoms with E-state index in [9.17, 15) is 14.7 Å². The van der Waals surface area contributed by atoms with Crippen LogP contribution < -0.4 is 5.73 Å². The van der Waals surface area contributed by atoms with Crippen molar-refractivity contribution >= 4 is 31.1 Å². The fourth-order valence-electron chi connectivity index (χ4n) is 3.35. The van der Waals surface area contributed by atoms with E-state index in [4.69, 9.17) is 5.73 Å². The molecular weight excluding hydrogens is 306 g/mol. The Kier molecular flexibility index (Phi) is 5.12. The number of aliphatic hydroxyl groups is 1. The van der Waals surface area contributed by atoms with E-state index in [-0.39, 0.29) is 23.7 Å². The van der Waals surface area contributed by atoms with Gasteiger partial charge in [0, 0.05) is 12.9 Å². The van der Waals surface area contributed by atoms with Crippen LogP contribution in [0.1, 0.15) is 33.1 Å². The number of aliphatic hydroxyl groups excluding tert-OH is 1. The van der Waals surface area contributed by atoms with Crippen molar-refractivity contribution < 1.29 is 18.9 Å². The standard InChI is InChI=1S/C14H21N3O4S/c1-3-4-9(16-6-15)8-5-10-11(7(2)18)13(19)17(10)12(8)14(20)21-22/h6-7,9-11,18,22H,3-5H2,1-2H3,(H2,15,16)/t7-,9?,10-,11-/m1/s1. The highest BCUT2D eigenvalue weighted by molar-refractivity contribution is 7.75. The van der Waals surface area contributed by atoms with Crippen LogP contribution >= 0.6 is 12.9 Å². The molecule has 22 heavy (non-hydrogen) atoms. The van der Waals surface area contributed by atoms with E-state index in [1.54, 1.807) is 6.92 Å². The molecule has 0 aromatic heterocycles. The third kappa shape index (κ3) is 2.61. The summed E-state index contributed by atoms with van der Waals surface area (Å²) in [6.07, 6.45) is 2.50. The predicted molar refractivity (Wildman–Crippen MR) is 83.9 cm³/mol. The molecule has 3 N–H and O–H groups in total. The van der Waals surface area contributed by atoms with Crippen LogP contribution in [0.2, 0.25) is 0 Å². The van der Waals surface area contributed by atoms with Crippen molar-refractivity contribution in [1.82, 2.24) is 4.90 Å². The van der Waals surface area contributed by atoms with Gasteiger partial charge >= 0.3 is 5.97 Å². The van der Waals surface area contributed by atoms with Gasteiger partial charge in [-0.15, -0.1) is 0 Å². The summed E-state index contributed by atoms with van der Waals surface area (Å²) in [5, 5.41) is 9.76. The lowest BCUT2D eigenvalue weighted by atomic mass is 9.82. The first kappa shape index (κ1) is 16.8. The molecule has 2 aliphatic rings. The molecular formula is C14H21N3O4S. The number of nitrogens with zero attached hydrogens (tertiary/aromatic N) is 2. The maximum atomic E-state index is 12.2. The lowest BCUT2D eigenvalue weighted by Gasteiger charge is -2.44. The van der Waals surface area contributed by atoms with Crippen LogP contribution in [0, 0.1) is 5.92 Å². The van der Waals surface area contributed by atoms with Gasteiger partial charge in [0.1, 0.15) is 5.70 Å². The molecule has 1 saturated heterocycles. The van der Waals surface area contributed by atoms with Crippen molar-refractivity contribution in [2.24, 2.45) is 16.6 Å². The lowest BCUT2D eigenvalue weighted by Crippen LogP contribution is -2.61. The van der Waals surface area contributed by atoms with E-state index < -0.39 is 18.0 Å². The van der Waals surface area contributed by atoms with Gasteiger partial charge in [0.25, 0.3) is 0 Å². The molecule has 0 aliphatic carbocycles. The summed E-state index contributed by atoms with van der Waals surface area (Å²) in [5.74, 6) is -1.44. The van der Waals surface area contributed by atoms with Gasteiger partial charge in [0.2, 0.25) is 5.91 Å². The predicted octanol–water partition coefficient (Wildman–Crippen LogP) is 0.396. The second-order valence-corrected chi connectivity index (χ2v) is 5.78. The normalized spacial score (nSPS) is 26.9. The smallest absolute Gasteiger partial charge is 0.366 e. The minimum atomic E-state index is -0.760. The number of fused-ring (bicyclic) bond motifs is 1. The molecule has 2 aliphatic heterocycles. The molecule has 2 heterocycles. The first-order valence-electron chi connectivity index (χ1n) is 7.31. The topological polar surface area (TPSA) is 105 Å². The molecule has 0 aromatic rings. The molecule has 2 rings (SSSR count). The van der Waals surface area contributed by atoms with E-state index in [2.05, 4.69) is 22.1 Å². The molecule has 4 atom stereocenters. The summed E-state index contributed by atoms with van der Waals surface area (Å²) in [7, 11) is 0. The maximum Gasteiger partial charge on any atom is 0.366 e. The molecule has 8 heteroatoms. The van der Waals surface area contributed by atoms with Crippen LogP contribution in [0.3, 0.4) is 0 Å². The van der Waals surface area contributed by atoms with Gasteiger partial charge in [0.05, 0.1) is 30.4 Å². The Balaban J connectivity index is 2.39.